The monoisotopic (exact) mass is 593 g/mol. The van der Waals surface area contributed by atoms with Crippen LogP contribution in [0.3, 0.4) is 0 Å². The van der Waals surface area contributed by atoms with E-state index in [1.807, 2.05) is 4.90 Å². The Morgan fingerprint density at radius 2 is 1.79 bits per heavy atom. The van der Waals surface area contributed by atoms with Crippen LogP contribution in [0.25, 0.3) is 0 Å². The topological polar surface area (TPSA) is 128 Å². The molecule has 12 atom stereocenters. The van der Waals surface area contributed by atoms with Gasteiger partial charge in [0.1, 0.15) is 17.9 Å². The van der Waals surface area contributed by atoms with Crippen LogP contribution in [-0.4, -0.2) is 116 Å². The van der Waals surface area contributed by atoms with Gasteiger partial charge in [-0.1, -0.05) is 0 Å². The van der Waals surface area contributed by atoms with Crippen LogP contribution in [0.1, 0.15) is 19.8 Å². The second-order valence-electron chi connectivity index (χ2n) is 11.1. The summed E-state index contributed by atoms with van der Waals surface area (Å²) in [5, 5.41) is 19.9. The molecule has 5 saturated heterocycles. The van der Waals surface area contributed by atoms with Gasteiger partial charge in [0.15, 0.2) is 0 Å². The molecule has 14 heteroatoms. The van der Waals surface area contributed by atoms with Gasteiger partial charge in [0.2, 0.25) is 5.91 Å². The average Bonchev–Trinajstić information content (AvgIpc) is 3.47. The zero-order valence-corrected chi connectivity index (χ0v) is 24.5. The van der Waals surface area contributed by atoms with E-state index in [9.17, 15) is 9.59 Å². The maximum Gasteiger partial charge on any atom is 0.254 e. The number of hydrogen-bond donors (Lipinski definition) is 6. The Bertz CT molecular complexity index is 851. The summed E-state index contributed by atoms with van der Waals surface area (Å²) in [7, 11) is 3.32. The quantitative estimate of drug-likeness (QED) is 0.172. The zero-order valence-electron chi connectivity index (χ0n) is 22.1. The molecule has 216 valence electrons. The van der Waals surface area contributed by atoms with E-state index in [0.29, 0.717) is 38.8 Å². The molecule has 5 aliphatic heterocycles. The van der Waals surface area contributed by atoms with Crippen molar-refractivity contribution >= 4 is 46.8 Å². The van der Waals surface area contributed by atoms with Gasteiger partial charge in [0.25, 0.3) is 5.91 Å². The summed E-state index contributed by atoms with van der Waals surface area (Å²) in [5.41, 5.74) is -0.282. The van der Waals surface area contributed by atoms with Gasteiger partial charge in [-0.25, -0.2) is 0 Å². The number of amides is 2. The van der Waals surface area contributed by atoms with Crippen LogP contribution in [0.5, 0.6) is 0 Å². The van der Waals surface area contributed by atoms with E-state index in [1.165, 1.54) is 0 Å². The van der Waals surface area contributed by atoms with E-state index in [-0.39, 0.29) is 69.6 Å². The van der Waals surface area contributed by atoms with Crippen LogP contribution >= 0.6 is 35.0 Å². The fourth-order valence-corrected chi connectivity index (χ4v) is 8.64. The number of likely N-dealkylation sites (tertiary alicyclic amines) is 1. The summed E-state index contributed by atoms with van der Waals surface area (Å²) in [5.74, 6) is 0.312. The normalized spacial score (nSPS) is 45.6. The van der Waals surface area contributed by atoms with Gasteiger partial charge in [-0.2, -0.15) is 0 Å². The number of rotatable bonds is 6. The largest absolute Gasteiger partial charge is 0.380 e. The van der Waals surface area contributed by atoms with Crippen molar-refractivity contribution in [2.24, 2.45) is 17.8 Å². The first-order chi connectivity index (χ1) is 18.3. The van der Waals surface area contributed by atoms with Crippen molar-refractivity contribution in [3.63, 3.8) is 0 Å². The number of methoxy groups -OCH3 is 2. The molecule has 11 nitrogen and oxygen atoms in total. The maximum atomic E-state index is 13.6. The first kappa shape index (κ1) is 29.1. The lowest BCUT2D eigenvalue weighted by atomic mass is 9.70. The molecule has 0 aromatic heterocycles. The van der Waals surface area contributed by atoms with Gasteiger partial charge in [0.05, 0.1) is 22.9 Å². The number of ether oxygens (including phenoxy) is 2. The number of fused-ring (bicyclic) bond motifs is 1. The fourth-order valence-electron chi connectivity index (χ4n) is 6.67. The van der Waals surface area contributed by atoms with Crippen LogP contribution < -0.4 is 31.9 Å². The molecule has 5 aliphatic rings. The Labute approximate surface area is 238 Å². The third-order valence-electron chi connectivity index (χ3n) is 8.72. The second-order valence-corrected chi connectivity index (χ2v) is 13.6. The Hall–Kier alpha value is -0.410. The molecule has 0 aromatic rings. The number of thioether (sulfide) groups is 1. The van der Waals surface area contributed by atoms with Crippen molar-refractivity contribution in [1.29, 1.82) is 0 Å². The number of hydrogen-bond acceptors (Lipinski definition) is 10. The third-order valence-corrected chi connectivity index (χ3v) is 10.8. The smallest absolute Gasteiger partial charge is 0.254 e. The van der Waals surface area contributed by atoms with Crippen LogP contribution in [-0.2, 0) is 19.1 Å². The number of alkyl halides is 2. The predicted octanol–water partition coefficient (Wildman–Crippen LogP) is -0.796. The number of nitrogens with zero attached hydrogens (tertiary/aromatic N) is 1. The molecule has 0 saturated carbocycles. The SMILES string of the molecule is COC1CNC(Cl)CC1C1CC(C)NCC1C(=O)NC1NC2CN(C(=O)C3NCC(Cl)C(OC)N3)CC2S1. The summed E-state index contributed by atoms with van der Waals surface area (Å²) >= 11 is 14.4. The van der Waals surface area contributed by atoms with E-state index in [4.69, 9.17) is 32.7 Å². The Balaban J connectivity index is 1.15. The number of carbonyl (C=O) groups is 2. The van der Waals surface area contributed by atoms with Gasteiger partial charge in [-0.3, -0.25) is 30.9 Å². The Morgan fingerprint density at radius 3 is 2.53 bits per heavy atom. The Kier molecular flexibility index (Phi) is 9.67. The summed E-state index contributed by atoms with van der Waals surface area (Å²) < 4.78 is 11.2. The molecular formula is C24H41Cl2N7O4S. The van der Waals surface area contributed by atoms with Crippen LogP contribution in [0.15, 0.2) is 0 Å². The molecule has 38 heavy (non-hydrogen) atoms. The molecule has 2 amide bonds. The minimum Gasteiger partial charge on any atom is -0.380 e. The highest BCUT2D eigenvalue weighted by molar-refractivity contribution is 8.00. The second kappa shape index (κ2) is 12.6. The third kappa shape index (κ3) is 6.24. The Morgan fingerprint density at radius 1 is 0.974 bits per heavy atom. The van der Waals surface area contributed by atoms with E-state index in [2.05, 4.69) is 38.8 Å². The van der Waals surface area contributed by atoms with Gasteiger partial charge >= 0.3 is 0 Å². The molecule has 0 bridgehead atoms. The molecule has 0 aromatic carbocycles. The van der Waals surface area contributed by atoms with E-state index in [0.717, 1.165) is 12.8 Å². The summed E-state index contributed by atoms with van der Waals surface area (Å²) in [6, 6.07) is 0.464. The van der Waals surface area contributed by atoms with Crippen molar-refractivity contribution in [3.8, 4) is 0 Å². The van der Waals surface area contributed by atoms with Crippen molar-refractivity contribution in [3.05, 3.63) is 0 Å². The molecular weight excluding hydrogens is 553 g/mol. The van der Waals surface area contributed by atoms with Crippen molar-refractivity contribution in [1.82, 2.24) is 36.8 Å². The van der Waals surface area contributed by atoms with Crippen molar-refractivity contribution < 1.29 is 19.1 Å². The van der Waals surface area contributed by atoms with E-state index in [1.54, 1.807) is 26.0 Å². The van der Waals surface area contributed by atoms with Crippen LogP contribution in [0, 0.1) is 17.8 Å². The molecule has 0 spiro atoms. The highest BCUT2D eigenvalue weighted by Crippen LogP contribution is 2.38. The van der Waals surface area contributed by atoms with Crippen molar-refractivity contribution in [2.75, 3.05) is 46.9 Å². The van der Waals surface area contributed by atoms with Gasteiger partial charge in [0, 0.05) is 64.3 Å². The standard InChI is InChI=1S/C24H41Cl2N7O4S/c1-11-4-12(13-5-19(26)28-8-17(13)36-2)14(6-27-11)21(34)32-24-30-16-9-33(10-18(16)38-24)23(35)20-29-7-15(25)22(31-20)37-3/h11-20,22,24,27-31H,4-10H2,1-3H3,(H,32,34). The molecule has 5 heterocycles. The van der Waals surface area contributed by atoms with Crippen molar-refractivity contribution in [2.45, 2.75) is 72.0 Å². The van der Waals surface area contributed by atoms with Gasteiger partial charge < -0.3 is 25.0 Å². The fraction of sp³-hybridized carbons (Fsp3) is 0.917. The minimum absolute atomic E-state index is 0.00879. The minimum atomic E-state index is -0.522. The van der Waals surface area contributed by atoms with Crippen LogP contribution in [0.4, 0.5) is 0 Å². The van der Waals surface area contributed by atoms with E-state index >= 15 is 0 Å². The van der Waals surface area contributed by atoms with Crippen LogP contribution in [0.2, 0.25) is 0 Å². The first-order valence-electron chi connectivity index (χ1n) is 13.6. The zero-order chi connectivity index (χ0) is 27.0. The average molecular weight is 595 g/mol. The molecule has 0 radical (unpaired) electrons. The maximum absolute atomic E-state index is 13.6. The number of carbonyl (C=O) groups excluding carboxylic acids is 2. The molecule has 5 rings (SSSR count). The summed E-state index contributed by atoms with van der Waals surface area (Å²) in [6.45, 7) is 5.23. The molecule has 0 aliphatic carbocycles. The molecule has 6 N–H and O–H groups in total. The molecule has 12 unspecified atom stereocenters. The summed E-state index contributed by atoms with van der Waals surface area (Å²) in [4.78, 5) is 28.6. The molecule has 5 fully saturated rings. The lowest BCUT2D eigenvalue weighted by Crippen LogP contribution is -2.65. The summed E-state index contributed by atoms with van der Waals surface area (Å²) in [6.07, 6.45) is 0.845. The predicted molar refractivity (Wildman–Crippen MR) is 148 cm³/mol. The van der Waals surface area contributed by atoms with E-state index < -0.39 is 6.17 Å². The number of piperidine rings is 2. The first-order valence-corrected chi connectivity index (χ1v) is 15.4. The highest BCUT2D eigenvalue weighted by Gasteiger charge is 2.47. The number of nitrogens with one attached hydrogen (secondary N) is 6. The number of halogens is 2. The lowest BCUT2D eigenvalue weighted by Gasteiger charge is -2.45. The van der Waals surface area contributed by atoms with Gasteiger partial charge in [-0.15, -0.1) is 35.0 Å². The lowest BCUT2D eigenvalue weighted by molar-refractivity contribution is -0.136. The van der Waals surface area contributed by atoms with Gasteiger partial charge in [-0.05, 0) is 31.6 Å². The highest BCUT2D eigenvalue weighted by atomic mass is 35.5.